The SMILES string of the molecule is C=CCO[C@H](C)[C@H](NC(=O)OC)C(=O)O. The van der Waals surface area contributed by atoms with E-state index in [1.807, 2.05) is 0 Å². The number of ether oxygens (including phenoxy) is 2. The summed E-state index contributed by atoms with van der Waals surface area (Å²) < 4.78 is 9.39. The second-order valence-electron chi connectivity index (χ2n) is 2.78. The van der Waals surface area contributed by atoms with Crippen LogP contribution < -0.4 is 5.32 Å². The minimum Gasteiger partial charge on any atom is -0.480 e. The lowest BCUT2D eigenvalue weighted by atomic mass is 10.2. The summed E-state index contributed by atoms with van der Waals surface area (Å²) in [6.07, 6.45) is 0.0177. The molecule has 15 heavy (non-hydrogen) atoms. The Balaban J connectivity index is 4.30. The first-order valence-electron chi connectivity index (χ1n) is 4.32. The predicted octanol–water partition coefficient (Wildman–Crippen LogP) is 0.387. The second-order valence-corrected chi connectivity index (χ2v) is 2.78. The van der Waals surface area contributed by atoms with Crippen molar-refractivity contribution in [1.29, 1.82) is 0 Å². The van der Waals surface area contributed by atoms with E-state index in [4.69, 9.17) is 9.84 Å². The molecule has 0 aliphatic heterocycles. The Morgan fingerprint density at radius 3 is 2.60 bits per heavy atom. The van der Waals surface area contributed by atoms with Crippen LogP contribution in [0.2, 0.25) is 0 Å². The van der Waals surface area contributed by atoms with Gasteiger partial charge in [0.15, 0.2) is 6.04 Å². The van der Waals surface area contributed by atoms with Crippen molar-refractivity contribution in [3.8, 4) is 0 Å². The van der Waals surface area contributed by atoms with Gasteiger partial charge in [-0.25, -0.2) is 9.59 Å². The van der Waals surface area contributed by atoms with Crippen molar-refractivity contribution in [1.82, 2.24) is 5.32 Å². The van der Waals surface area contributed by atoms with Crippen molar-refractivity contribution in [2.45, 2.75) is 19.1 Å². The number of nitrogens with one attached hydrogen (secondary N) is 1. The number of hydrogen-bond acceptors (Lipinski definition) is 4. The summed E-state index contributed by atoms with van der Waals surface area (Å²) in [5.74, 6) is -1.18. The Labute approximate surface area is 87.9 Å². The molecule has 0 aromatic carbocycles. The molecule has 0 fully saturated rings. The molecule has 0 heterocycles. The molecule has 0 rings (SSSR count). The van der Waals surface area contributed by atoms with Gasteiger partial charge in [0.05, 0.1) is 19.8 Å². The first-order chi connectivity index (χ1) is 7.02. The molecule has 2 atom stereocenters. The highest BCUT2D eigenvalue weighted by atomic mass is 16.5. The van der Waals surface area contributed by atoms with Crippen LogP contribution in [0.5, 0.6) is 0 Å². The third kappa shape index (κ3) is 5.02. The van der Waals surface area contributed by atoms with E-state index in [1.54, 1.807) is 0 Å². The van der Waals surface area contributed by atoms with Gasteiger partial charge in [-0.15, -0.1) is 6.58 Å². The van der Waals surface area contributed by atoms with Gasteiger partial charge < -0.3 is 19.9 Å². The van der Waals surface area contributed by atoms with Crippen molar-refractivity contribution >= 4 is 12.1 Å². The number of carbonyl (C=O) groups is 2. The van der Waals surface area contributed by atoms with Gasteiger partial charge in [0.25, 0.3) is 0 Å². The molecule has 0 unspecified atom stereocenters. The highest BCUT2D eigenvalue weighted by molar-refractivity contribution is 5.80. The van der Waals surface area contributed by atoms with E-state index in [0.29, 0.717) is 0 Å². The quantitative estimate of drug-likeness (QED) is 0.628. The van der Waals surface area contributed by atoms with Crippen molar-refractivity contribution in [3.63, 3.8) is 0 Å². The molecule has 0 saturated carbocycles. The number of carboxylic acid groups (broad SMARTS) is 1. The Morgan fingerprint density at radius 1 is 1.60 bits per heavy atom. The summed E-state index contributed by atoms with van der Waals surface area (Å²) in [7, 11) is 1.16. The molecule has 86 valence electrons. The van der Waals surface area contributed by atoms with E-state index in [-0.39, 0.29) is 6.61 Å². The van der Waals surface area contributed by atoms with Crippen LogP contribution in [0.3, 0.4) is 0 Å². The van der Waals surface area contributed by atoms with Crippen LogP contribution in [-0.4, -0.2) is 43.0 Å². The van der Waals surface area contributed by atoms with E-state index < -0.39 is 24.2 Å². The molecule has 6 heteroatoms. The maximum atomic E-state index is 10.8. The number of methoxy groups -OCH3 is 1. The van der Waals surface area contributed by atoms with Crippen molar-refractivity contribution < 1.29 is 24.2 Å². The minimum atomic E-state index is -1.18. The molecule has 0 aliphatic rings. The van der Waals surface area contributed by atoms with Crippen LogP contribution in [0, 0.1) is 0 Å². The summed E-state index contributed by atoms with van der Waals surface area (Å²) in [5, 5.41) is 11.0. The van der Waals surface area contributed by atoms with Gasteiger partial charge in [-0.1, -0.05) is 6.08 Å². The van der Waals surface area contributed by atoms with E-state index in [0.717, 1.165) is 7.11 Å². The maximum absolute atomic E-state index is 10.8. The Kier molecular flexibility index (Phi) is 6.12. The average Bonchev–Trinajstić information content (AvgIpc) is 2.21. The largest absolute Gasteiger partial charge is 0.480 e. The van der Waals surface area contributed by atoms with Crippen LogP contribution in [0.15, 0.2) is 12.7 Å². The van der Waals surface area contributed by atoms with Crippen LogP contribution >= 0.6 is 0 Å². The molecule has 0 spiro atoms. The number of rotatable bonds is 6. The molecule has 1 amide bonds. The molecule has 6 nitrogen and oxygen atoms in total. The number of hydrogen-bond donors (Lipinski definition) is 2. The zero-order valence-electron chi connectivity index (χ0n) is 8.73. The number of aliphatic carboxylic acids is 1. The van der Waals surface area contributed by atoms with Gasteiger partial charge in [0, 0.05) is 0 Å². The third-order valence-corrected chi connectivity index (χ3v) is 1.67. The summed E-state index contributed by atoms with van der Waals surface area (Å²) in [6, 6.07) is -1.14. The Morgan fingerprint density at radius 2 is 2.20 bits per heavy atom. The topological polar surface area (TPSA) is 84.9 Å². The van der Waals surface area contributed by atoms with Crippen molar-refractivity contribution in [2.24, 2.45) is 0 Å². The molecule has 0 saturated heterocycles. The number of amides is 1. The second kappa shape index (κ2) is 6.83. The van der Waals surface area contributed by atoms with E-state index in [1.165, 1.54) is 13.0 Å². The summed E-state index contributed by atoms with van der Waals surface area (Å²) in [4.78, 5) is 21.6. The predicted molar refractivity (Wildman–Crippen MR) is 52.6 cm³/mol. The van der Waals surface area contributed by atoms with Gasteiger partial charge in [0.1, 0.15) is 0 Å². The number of carbonyl (C=O) groups excluding carboxylic acids is 1. The third-order valence-electron chi connectivity index (χ3n) is 1.67. The molecule has 0 aromatic rings. The first-order valence-corrected chi connectivity index (χ1v) is 4.32. The molecule has 0 radical (unpaired) electrons. The van der Waals surface area contributed by atoms with Gasteiger partial charge in [0.2, 0.25) is 0 Å². The molecule has 0 aliphatic carbocycles. The van der Waals surface area contributed by atoms with Crippen LogP contribution in [0.4, 0.5) is 4.79 Å². The van der Waals surface area contributed by atoms with Crippen LogP contribution in [0.25, 0.3) is 0 Å². The summed E-state index contributed by atoms with van der Waals surface area (Å²) in [5.41, 5.74) is 0. The fourth-order valence-electron chi connectivity index (χ4n) is 0.882. The Bertz CT molecular complexity index is 241. The molecular weight excluding hydrogens is 202 g/mol. The van der Waals surface area contributed by atoms with Gasteiger partial charge >= 0.3 is 12.1 Å². The molecular formula is C9H15NO5. The highest BCUT2D eigenvalue weighted by Gasteiger charge is 2.27. The zero-order chi connectivity index (χ0) is 11.8. The average molecular weight is 217 g/mol. The summed E-state index contributed by atoms with van der Waals surface area (Å²) >= 11 is 0. The van der Waals surface area contributed by atoms with Gasteiger partial charge in [-0.05, 0) is 6.92 Å². The molecule has 0 bridgehead atoms. The van der Waals surface area contributed by atoms with Crippen molar-refractivity contribution in [3.05, 3.63) is 12.7 Å². The molecule has 2 N–H and O–H groups in total. The maximum Gasteiger partial charge on any atom is 0.407 e. The number of carboxylic acids is 1. The van der Waals surface area contributed by atoms with Crippen molar-refractivity contribution in [2.75, 3.05) is 13.7 Å². The molecule has 0 aromatic heterocycles. The van der Waals surface area contributed by atoms with Gasteiger partial charge in [-0.3, -0.25) is 0 Å². The Hall–Kier alpha value is -1.56. The summed E-state index contributed by atoms with van der Waals surface area (Å²) in [6.45, 7) is 5.19. The lowest BCUT2D eigenvalue weighted by molar-refractivity contribution is -0.143. The highest BCUT2D eigenvalue weighted by Crippen LogP contribution is 2.00. The van der Waals surface area contributed by atoms with Gasteiger partial charge in [-0.2, -0.15) is 0 Å². The van der Waals surface area contributed by atoms with E-state index in [9.17, 15) is 9.59 Å². The monoisotopic (exact) mass is 217 g/mol. The lowest BCUT2D eigenvalue weighted by Crippen LogP contribution is -2.48. The van der Waals surface area contributed by atoms with Crippen LogP contribution in [0.1, 0.15) is 6.92 Å². The zero-order valence-corrected chi connectivity index (χ0v) is 8.73. The lowest BCUT2D eigenvalue weighted by Gasteiger charge is -2.20. The fourth-order valence-corrected chi connectivity index (χ4v) is 0.882. The normalized spacial score (nSPS) is 13.7. The minimum absolute atomic E-state index is 0.216. The smallest absolute Gasteiger partial charge is 0.407 e. The van der Waals surface area contributed by atoms with E-state index >= 15 is 0 Å². The fraction of sp³-hybridized carbons (Fsp3) is 0.556. The first kappa shape index (κ1) is 13.4. The number of alkyl carbamates (subject to hydrolysis) is 1. The van der Waals surface area contributed by atoms with E-state index in [2.05, 4.69) is 16.6 Å². The van der Waals surface area contributed by atoms with Crippen LogP contribution in [-0.2, 0) is 14.3 Å². The standard InChI is InChI=1S/C9H15NO5/c1-4-5-15-6(2)7(8(11)12)10-9(13)14-3/h4,6-7H,1,5H2,2-3H3,(H,10,13)(H,11,12)/t6-,7+/m1/s1.